The van der Waals surface area contributed by atoms with E-state index in [1.54, 1.807) is 19.1 Å². The lowest BCUT2D eigenvalue weighted by molar-refractivity contribution is 0.0688. The zero-order valence-corrected chi connectivity index (χ0v) is 14.2. The number of aromatic carboxylic acids is 1. The number of anilines is 1. The highest BCUT2D eigenvalue weighted by Gasteiger charge is 2.24. The second-order valence-corrected chi connectivity index (χ2v) is 6.04. The van der Waals surface area contributed by atoms with Crippen molar-refractivity contribution in [2.75, 3.05) is 31.1 Å². The number of aromatic nitrogens is 2. The Morgan fingerprint density at radius 3 is 2.52 bits per heavy atom. The van der Waals surface area contributed by atoms with E-state index in [0.29, 0.717) is 36.8 Å². The van der Waals surface area contributed by atoms with E-state index >= 15 is 0 Å². The normalized spacial score (nSPS) is 15.1. The summed E-state index contributed by atoms with van der Waals surface area (Å²) in [6.07, 6.45) is 0.796. The molecule has 132 valence electrons. The highest BCUT2D eigenvalue weighted by Crippen LogP contribution is 2.18. The van der Waals surface area contributed by atoms with Crippen molar-refractivity contribution in [3.8, 4) is 0 Å². The van der Waals surface area contributed by atoms with Crippen molar-refractivity contribution in [3.63, 3.8) is 0 Å². The minimum atomic E-state index is -1.10. The van der Waals surface area contributed by atoms with Gasteiger partial charge in [-0.05, 0) is 38.5 Å². The lowest BCUT2D eigenvalue weighted by Gasteiger charge is -2.22. The van der Waals surface area contributed by atoms with Crippen LogP contribution in [0, 0.1) is 13.8 Å². The third-order valence-electron chi connectivity index (χ3n) is 4.25. The third kappa shape index (κ3) is 3.62. The van der Waals surface area contributed by atoms with Gasteiger partial charge in [0, 0.05) is 26.2 Å². The van der Waals surface area contributed by atoms with Crippen LogP contribution in [0.5, 0.6) is 0 Å². The quantitative estimate of drug-likeness (QED) is 0.905. The molecule has 1 amide bonds. The number of carboxylic acid groups (broad SMARTS) is 1. The molecule has 0 radical (unpaired) electrons. The van der Waals surface area contributed by atoms with Gasteiger partial charge in [0.2, 0.25) is 0 Å². The van der Waals surface area contributed by atoms with Crippen LogP contribution in [0.25, 0.3) is 0 Å². The van der Waals surface area contributed by atoms with Gasteiger partial charge in [-0.1, -0.05) is 0 Å². The number of furan rings is 1. The van der Waals surface area contributed by atoms with Gasteiger partial charge in [-0.15, -0.1) is 10.2 Å². The van der Waals surface area contributed by atoms with Gasteiger partial charge in [-0.3, -0.25) is 4.79 Å². The van der Waals surface area contributed by atoms with Crippen molar-refractivity contribution < 1.29 is 19.1 Å². The molecule has 0 unspecified atom stereocenters. The van der Waals surface area contributed by atoms with Crippen LogP contribution in [0.2, 0.25) is 0 Å². The summed E-state index contributed by atoms with van der Waals surface area (Å²) in [6, 6.07) is 4.87. The molecule has 0 aliphatic carbocycles. The number of hydrogen-bond acceptors (Lipinski definition) is 6. The summed E-state index contributed by atoms with van der Waals surface area (Å²) in [4.78, 5) is 27.4. The Labute approximate surface area is 145 Å². The van der Waals surface area contributed by atoms with Gasteiger partial charge in [0.15, 0.2) is 11.5 Å². The van der Waals surface area contributed by atoms with Crippen molar-refractivity contribution in [3.05, 3.63) is 41.0 Å². The van der Waals surface area contributed by atoms with E-state index in [1.165, 1.54) is 6.07 Å². The zero-order chi connectivity index (χ0) is 18.0. The number of nitrogens with zero attached hydrogens (tertiary/aromatic N) is 4. The zero-order valence-electron chi connectivity index (χ0n) is 14.2. The summed E-state index contributed by atoms with van der Waals surface area (Å²) >= 11 is 0. The van der Waals surface area contributed by atoms with Crippen molar-refractivity contribution in [2.45, 2.75) is 20.3 Å². The summed E-state index contributed by atoms with van der Waals surface area (Å²) in [5.41, 5.74) is 0.526. The summed E-state index contributed by atoms with van der Waals surface area (Å²) in [5, 5.41) is 16.6. The Kier molecular flexibility index (Phi) is 4.69. The Morgan fingerprint density at radius 2 is 1.92 bits per heavy atom. The Bertz CT molecular complexity index is 784. The summed E-state index contributed by atoms with van der Waals surface area (Å²) in [5.74, 6) is 0.862. The predicted molar refractivity (Wildman–Crippen MR) is 89.9 cm³/mol. The lowest BCUT2D eigenvalue weighted by Crippen LogP contribution is -2.35. The molecule has 1 saturated heterocycles. The van der Waals surface area contributed by atoms with Crippen molar-refractivity contribution in [1.82, 2.24) is 15.1 Å². The standard InChI is InChI=1S/C17H20N4O4/c1-11-10-13(12(2)25-11)16(22)21-7-3-6-20(8-9-21)15-5-4-14(17(23)24)18-19-15/h4-5,10H,3,6-9H2,1-2H3,(H,23,24). The minimum Gasteiger partial charge on any atom is -0.476 e. The first-order valence-corrected chi connectivity index (χ1v) is 8.14. The van der Waals surface area contributed by atoms with E-state index in [0.717, 1.165) is 18.7 Å². The fraction of sp³-hybridized carbons (Fsp3) is 0.412. The Balaban J connectivity index is 1.68. The van der Waals surface area contributed by atoms with Gasteiger partial charge in [0.25, 0.3) is 5.91 Å². The number of carbonyl (C=O) groups excluding carboxylic acids is 1. The molecule has 8 heteroatoms. The van der Waals surface area contributed by atoms with E-state index in [-0.39, 0.29) is 11.6 Å². The Hall–Kier alpha value is -2.90. The van der Waals surface area contributed by atoms with Crippen LogP contribution in [0.15, 0.2) is 22.6 Å². The maximum atomic E-state index is 12.7. The van der Waals surface area contributed by atoms with E-state index < -0.39 is 5.97 Å². The lowest BCUT2D eigenvalue weighted by atomic mass is 10.2. The van der Waals surface area contributed by atoms with Crippen LogP contribution in [-0.4, -0.2) is 58.3 Å². The third-order valence-corrected chi connectivity index (χ3v) is 4.25. The SMILES string of the molecule is Cc1cc(C(=O)N2CCCN(c3ccc(C(=O)O)nn3)CC2)c(C)o1. The highest BCUT2D eigenvalue weighted by atomic mass is 16.4. The van der Waals surface area contributed by atoms with E-state index in [9.17, 15) is 9.59 Å². The largest absolute Gasteiger partial charge is 0.476 e. The average Bonchev–Trinajstić information content (AvgIpc) is 2.80. The van der Waals surface area contributed by atoms with Gasteiger partial charge < -0.3 is 19.3 Å². The van der Waals surface area contributed by atoms with Gasteiger partial charge in [0.1, 0.15) is 11.5 Å². The highest BCUT2D eigenvalue weighted by molar-refractivity contribution is 5.95. The predicted octanol–water partition coefficient (Wildman–Crippen LogP) is 1.74. The molecule has 0 spiro atoms. The number of aryl methyl sites for hydroxylation is 2. The molecule has 0 atom stereocenters. The first-order valence-electron chi connectivity index (χ1n) is 8.14. The molecule has 0 aromatic carbocycles. The molecule has 1 fully saturated rings. The number of rotatable bonds is 3. The molecule has 1 aliphatic rings. The average molecular weight is 344 g/mol. The fourth-order valence-electron chi connectivity index (χ4n) is 2.97. The van der Waals surface area contributed by atoms with Gasteiger partial charge in [0.05, 0.1) is 5.56 Å². The molecule has 1 aliphatic heterocycles. The molecule has 0 saturated carbocycles. The van der Waals surface area contributed by atoms with E-state index in [4.69, 9.17) is 9.52 Å². The summed E-state index contributed by atoms with van der Waals surface area (Å²) in [6.45, 7) is 6.18. The first kappa shape index (κ1) is 16.9. The molecule has 8 nitrogen and oxygen atoms in total. The molecule has 25 heavy (non-hydrogen) atoms. The van der Waals surface area contributed by atoms with Crippen molar-refractivity contribution >= 4 is 17.7 Å². The topological polar surface area (TPSA) is 99.8 Å². The molecule has 2 aromatic heterocycles. The summed E-state index contributed by atoms with van der Waals surface area (Å²) < 4.78 is 5.45. The van der Waals surface area contributed by atoms with E-state index in [1.807, 2.05) is 16.7 Å². The molecular weight excluding hydrogens is 324 g/mol. The van der Waals surface area contributed by atoms with Crippen LogP contribution in [0.1, 0.15) is 38.8 Å². The number of carboxylic acids is 1. The molecule has 3 heterocycles. The van der Waals surface area contributed by atoms with Crippen LogP contribution in [0.3, 0.4) is 0 Å². The molecule has 2 aromatic rings. The van der Waals surface area contributed by atoms with E-state index in [2.05, 4.69) is 10.2 Å². The molecule has 0 bridgehead atoms. The first-order chi connectivity index (χ1) is 12.0. The van der Waals surface area contributed by atoms with Crippen molar-refractivity contribution in [2.24, 2.45) is 0 Å². The smallest absolute Gasteiger partial charge is 0.356 e. The van der Waals surface area contributed by atoms with Gasteiger partial charge >= 0.3 is 5.97 Å². The number of amides is 1. The second-order valence-electron chi connectivity index (χ2n) is 6.04. The van der Waals surface area contributed by atoms with Gasteiger partial charge in [-0.2, -0.15) is 0 Å². The minimum absolute atomic E-state index is 0.0245. The molecule has 3 rings (SSSR count). The van der Waals surface area contributed by atoms with Crippen LogP contribution >= 0.6 is 0 Å². The van der Waals surface area contributed by atoms with Crippen LogP contribution < -0.4 is 4.90 Å². The monoisotopic (exact) mass is 344 g/mol. The van der Waals surface area contributed by atoms with Gasteiger partial charge in [-0.25, -0.2) is 4.79 Å². The Morgan fingerprint density at radius 1 is 1.12 bits per heavy atom. The molecule has 1 N–H and O–H groups in total. The maximum Gasteiger partial charge on any atom is 0.356 e. The van der Waals surface area contributed by atoms with Crippen LogP contribution in [-0.2, 0) is 0 Å². The molecular formula is C17H20N4O4. The number of hydrogen-bond donors (Lipinski definition) is 1. The second kappa shape index (κ2) is 6.92. The summed E-state index contributed by atoms with van der Waals surface area (Å²) in [7, 11) is 0. The van der Waals surface area contributed by atoms with Crippen LogP contribution in [0.4, 0.5) is 5.82 Å². The fourth-order valence-corrected chi connectivity index (χ4v) is 2.97. The van der Waals surface area contributed by atoms with Crippen molar-refractivity contribution in [1.29, 1.82) is 0 Å². The maximum absolute atomic E-state index is 12.7. The number of carbonyl (C=O) groups is 2.